The SMILES string of the molecule is CC(C)[C@@H]1/C=C/CCCCC1.CC(C)[C@H]1/C=C/CCCCC1. The Labute approximate surface area is 140 Å². The molecule has 0 heteroatoms. The van der Waals surface area contributed by atoms with Crippen LogP contribution in [0.1, 0.15) is 91.9 Å². The van der Waals surface area contributed by atoms with E-state index in [1.54, 1.807) is 0 Å². The summed E-state index contributed by atoms with van der Waals surface area (Å²) < 4.78 is 0. The molecule has 0 aromatic heterocycles. The molecule has 0 N–H and O–H groups in total. The maximum absolute atomic E-state index is 2.43. The van der Waals surface area contributed by atoms with E-state index in [1.165, 1.54) is 64.2 Å². The second-order valence-electron chi connectivity index (χ2n) is 7.95. The van der Waals surface area contributed by atoms with Crippen LogP contribution >= 0.6 is 0 Å². The summed E-state index contributed by atoms with van der Waals surface area (Å²) in [5.74, 6) is 3.39. The van der Waals surface area contributed by atoms with Gasteiger partial charge in [0.25, 0.3) is 0 Å². The Morgan fingerprint density at radius 1 is 0.591 bits per heavy atom. The third kappa shape index (κ3) is 8.81. The van der Waals surface area contributed by atoms with Crippen LogP contribution in [-0.4, -0.2) is 0 Å². The van der Waals surface area contributed by atoms with Gasteiger partial charge in [-0.25, -0.2) is 0 Å². The van der Waals surface area contributed by atoms with Crippen LogP contribution in [0.25, 0.3) is 0 Å². The topological polar surface area (TPSA) is 0 Å². The van der Waals surface area contributed by atoms with Crippen molar-refractivity contribution in [3.05, 3.63) is 24.3 Å². The van der Waals surface area contributed by atoms with Gasteiger partial charge < -0.3 is 0 Å². The van der Waals surface area contributed by atoms with Crippen LogP contribution in [0.15, 0.2) is 24.3 Å². The molecule has 0 unspecified atom stereocenters. The molecule has 128 valence electrons. The monoisotopic (exact) mass is 304 g/mol. The van der Waals surface area contributed by atoms with Crippen molar-refractivity contribution in [2.75, 3.05) is 0 Å². The van der Waals surface area contributed by atoms with Gasteiger partial charge in [0, 0.05) is 0 Å². The van der Waals surface area contributed by atoms with E-state index in [0.29, 0.717) is 0 Å². The fourth-order valence-corrected chi connectivity index (χ4v) is 3.48. The molecule has 0 nitrogen and oxygen atoms in total. The fourth-order valence-electron chi connectivity index (χ4n) is 3.48. The van der Waals surface area contributed by atoms with Gasteiger partial charge in [0.2, 0.25) is 0 Å². The zero-order chi connectivity index (χ0) is 16.2. The van der Waals surface area contributed by atoms with Crippen LogP contribution in [0, 0.1) is 23.7 Å². The smallest absolute Gasteiger partial charge is 0.0210 e. The van der Waals surface area contributed by atoms with Crippen LogP contribution in [0.2, 0.25) is 0 Å². The minimum atomic E-state index is 0.837. The Bertz CT molecular complexity index is 276. The largest absolute Gasteiger partial charge is 0.0883 e. The molecule has 2 aliphatic carbocycles. The summed E-state index contributed by atoms with van der Waals surface area (Å²) in [5.41, 5.74) is 0. The zero-order valence-corrected chi connectivity index (χ0v) is 15.7. The van der Waals surface area contributed by atoms with E-state index >= 15 is 0 Å². The number of allylic oxidation sites excluding steroid dienone is 4. The van der Waals surface area contributed by atoms with Crippen molar-refractivity contribution in [2.24, 2.45) is 23.7 Å². The van der Waals surface area contributed by atoms with Crippen molar-refractivity contribution < 1.29 is 0 Å². The van der Waals surface area contributed by atoms with E-state index in [4.69, 9.17) is 0 Å². The standard InChI is InChI=1S/2C11H20/c2*1-10(2)11-8-6-4-3-5-7-9-11/h2*6,8,10-11H,3-5,7,9H2,1-2H3/b2*8-6+/t2*11-/m10/s1. The van der Waals surface area contributed by atoms with E-state index in [0.717, 1.165) is 23.7 Å². The highest BCUT2D eigenvalue weighted by molar-refractivity contribution is 4.91. The normalized spacial score (nSPS) is 29.5. The van der Waals surface area contributed by atoms with Gasteiger partial charge in [-0.15, -0.1) is 0 Å². The first-order chi connectivity index (χ1) is 10.6. The molecule has 0 aromatic carbocycles. The van der Waals surface area contributed by atoms with Gasteiger partial charge >= 0.3 is 0 Å². The maximum atomic E-state index is 2.43. The Morgan fingerprint density at radius 2 is 1.00 bits per heavy atom. The van der Waals surface area contributed by atoms with Crippen LogP contribution in [0.5, 0.6) is 0 Å². The van der Waals surface area contributed by atoms with Gasteiger partial charge in [-0.3, -0.25) is 0 Å². The van der Waals surface area contributed by atoms with Crippen molar-refractivity contribution in [1.29, 1.82) is 0 Å². The molecule has 0 bridgehead atoms. The van der Waals surface area contributed by atoms with Gasteiger partial charge in [-0.05, 0) is 62.2 Å². The van der Waals surface area contributed by atoms with Crippen molar-refractivity contribution in [2.45, 2.75) is 91.9 Å². The Morgan fingerprint density at radius 3 is 1.36 bits per heavy atom. The van der Waals surface area contributed by atoms with Gasteiger partial charge in [0.1, 0.15) is 0 Å². The quantitative estimate of drug-likeness (QED) is 0.462. The molecule has 0 radical (unpaired) electrons. The average Bonchev–Trinajstić information content (AvgIpc) is 2.37. The lowest BCUT2D eigenvalue weighted by atomic mass is 9.88. The Balaban J connectivity index is 0.000000220. The third-order valence-electron chi connectivity index (χ3n) is 5.30. The minimum Gasteiger partial charge on any atom is -0.0883 e. The maximum Gasteiger partial charge on any atom is -0.0210 e. The highest BCUT2D eigenvalue weighted by Gasteiger charge is 2.10. The molecule has 22 heavy (non-hydrogen) atoms. The van der Waals surface area contributed by atoms with Crippen LogP contribution < -0.4 is 0 Å². The van der Waals surface area contributed by atoms with Crippen molar-refractivity contribution in [3.8, 4) is 0 Å². The fraction of sp³-hybridized carbons (Fsp3) is 0.818. The van der Waals surface area contributed by atoms with Gasteiger partial charge in [0.05, 0.1) is 0 Å². The second-order valence-corrected chi connectivity index (χ2v) is 7.95. The van der Waals surface area contributed by atoms with Crippen LogP contribution in [-0.2, 0) is 0 Å². The molecule has 2 rings (SSSR count). The number of hydrogen-bond acceptors (Lipinski definition) is 0. The third-order valence-corrected chi connectivity index (χ3v) is 5.30. The van der Waals surface area contributed by atoms with E-state index in [2.05, 4.69) is 52.0 Å². The lowest BCUT2D eigenvalue weighted by Crippen LogP contribution is -2.06. The Kier molecular flexibility index (Phi) is 10.6. The molecular formula is C22H40. The van der Waals surface area contributed by atoms with Gasteiger partial charge in [-0.1, -0.05) is 77.7 Å². The first-order valence-electron chi connectivity index (χ1n) is 9.94. The van der Waals surface area contributed by atoms with Crippen molar-refractivity contribution in [3.63, 3.8) is 0 Å². The highest BCUT2D eigenvalue weighted by Crippen LogP contribution is 2.23. The summed E-state index contributed by atoms with van der Waals surface area (Å²) in [4.78, 5) is 0. The first-order valence-corrected chi connectivity index (χ1v) is 9.94. The van der Waals surface area contributed by atoms with Crippen LogP contribution in [0.4, 0.5) is 0 Å². The Hall–Kier alpha value is -0.520. The van der Waals surface area contributed by atoms with Crippen molar-refractivity contribution in [1.82, 2.24) is 0 Å². The summed E-state index contributed by atoms with van der Waals surface area (Å²) in [6.45, 7) is 9.32. The predicted molar refractivity (Wildman–Crippen MR) is 101 cm³/mol. The molecule has 0 saturated carbocycles. The number of hydrogen-bond donors (Lipinski definition) is 0. The molecular weight excluding hydrogens is 264 g/mol. The van der Waals surface area contributed by atoms with E-state index in [9.17, 15) is 0 Å². The molecule has 0 spiro atoms. The molecule has 0 fully saturated rings. The average molecular weight is 305 g/mol. The highest BCUT2D eigenvalue weighted by atomic mass is 14.2. The van der Waals surface area contributed by atoms with E-state index in [1.807, 2.05) is 0 Å². The summed E-state index contributed by atoms with van der Waals surface area (Å²) >= 11 is 0. The molecule has 0 amide bonds. The molecule has 0 aromatic rings. The summed E-state index contributed by atoms with van der Waals surface area (Å²) in [5, 5.41) is 0. The molecule has 2 aliphatic rings. The molecule has 2 atom stereocenters. The zero-order valence-electron chi connectivity index (χ0n) is 15.7. The lowest BCUT2D eigenvalue weighted by molar-refractivity contribution is 0.409. The molecule has 0 saturated heterocycles. The predicted octanol–water partition coefficient (Wildman–Crippen LogP) is 7.56. The van der Waals surface area contributed by atoms with Gasteiger partial charge in [-0.2, -0.15) is 0 Å². The summed E-state index contributed by atoms with van der Waals surface area (Å²) in [6.07, 6.45) is 23.6. The molecule has 0 aliphatic heterocycles. The first kappa shape index (κ1) is 19.5. The minimum absolute atomic E-state index is 0.837. The van der Waals surface area contributed by atoms with E-state index < -0.39 is 0 Å². The second kappa shape index (κ2) is 12.0. The summed E-state index contributed by atoms with van der Waals surface area (Å²) in [7, 11) is 0. The van der Waals surface area contributed by atoms with Crippen LogP contribution in [0.3, 0.4) is 0 Å². The van der Waals surface area contributed by atoms with Crippen molar-refractivity contribution >= 4 is 0 Å². The van der Waals surface area contributed by atoms with E-state index in [-0.39, 0.29) is 0 Å². The summed E-state index contributed by atoms with van der Waals surface area (Å²) in [6, 6.07) is 0. The van der Waals surface area contributed by atoms with Gasteiger partial charge in [0.15, 0.2) is 0 Å². The lowest BCUT2D eigenvalue weighted by Gasteiger charge is -2.18. The molecule has 0 heterocycles. The number of rotatable bonds is 2.